The first kappa shape index (κ1) is 11.6. The summed E-state index contributed by atoms with van der Waals surface area (Å²) in [5.41, 5.74) is 0.669. The van der Waals surface area contributed by atoms with Crippen molar-refractivity contribution < 1.29 is 0 Å². The predicted octanol–water partition coefficient (Wildman–Crippen LogP) is 1.99. The van der Waals surface area contributed by atoms with Crippen LogP contribution >= 0.6 is 15.9 Å². The highest BCUT2D eigenvalue weighted by Gasteiger charge is 2.03. The maximum atomic E-state index is 11.4. The van der Waals surface area contributed by atoms with Crippen LogP contribution in [-0.4, -0.2) is 9.97 Å². The van der Waals surface area contributed by atoms with E-state index >= 15 is 0 Å². The fourth-order valence-corrected chi connectivity index (χ4v) is 1.89. The molecule has 0 saturated heterocycles. The third-order valence-corrected chi connectivity index (χ3v) is 2.73. The van der Waals surface area contributed by atoms with Gasteiger partial charge in [-0.25, -0.2) is 4.98 Å². The van der Waals surface area contributed by atoms with Gasteiger partial charge >= 0.3 is 0 Å². The van der Waals surface area contributed by atoms with Gasteiger partial charge in [-0.15, -0.1) is 0 Å². The zero-order valence-electron chi connectivity index (χ0n) is 8.77. The number of nitrogens with one attached hydrogen (secondary N) is 1. The third kappa shape index (κ3) is 2.80. The second-order valence-corrected chi connectivity index (χ2v) is 4.41. The van der Waals surface area contributed by atoms with E-state index in [0.717, 1.165) is 10.0 Å². The molecule has 1 heterocycles. The van der Waals surface area contributed by atoms with E-state index < -0.39 is 5.56 Å². The number of H-pyrrole nitrogens is 1. The number of benzene rings is 1. The number of halogens is 1. The van der Waals surface area contributed by atoms with Crippen LogP contribution < -0.4 is 5.56 Å². The van der Waals surface area contributed by atoms with Crippen molar-refractivity contribution in [2.45, 2.75) is 6.42 Å². The van der Waals surface area contributed by atoms with Gasteiger partial charge in [-0.1, -0.05) is 28.1 Å². The molecule has 2 rings (SSSR count). The monoisotopic (exact) mass is 289 g/mol. The molecule has 0 amide bonds. The van der Waals surface area contributed by atoms with Gasteiger partial charge in [0.2, 0.25) is 0 Å². The number of nitrogens with zero attached hydrogens (tertiary/aromatic N) is 2. The molecular weight excluding hydrogens is 282 g/mol. The van der Waals surface area contributed by atoms with Gasteiger partial charge in [0.1, 0.15) is 17.5 Å². The molecule has 4 nitrogen and oxygen atoms in total. The van der Waals surface area contributed by atoms with Gasteiger partial charge in [-0.05, 0) is 17.7 Å². The minimum atomic E-state index is -0.396. The molecule has 1 aromatic carbocycles. The summed E-state index contributed by atoms with van der Waals surface area (Å²) in [6.45, 7) is 0. The molecule has 0 spiro atoms. The molecule has 0 saturated carbocycles. The van der Waals surface area contributed by atoms with Gasteiger partial charge in [0.05, 0.1) is 6.20 Å². The van der Waals surface area contributed by atoms with E-state index in [0.29, 0.717) is 12.2 Å². The third-order valence-electron chi connectivity index (χ3n) is 2.23. The van der Waals surface area contributed by atoms with Gasteiger partial charge in [-0.2, -0.15) is 5.26 Å². The summed E-state index contributed by atoms with van der Waals surface area (Å²) in [5, 5.41) is 8.62. The SMILES string of the molecule is N#Cc1cnc(Cc2cccc(Br)c2)[nH]c1=O. The summed E-state index contributed by atoms with van der Waals surface area (Å²) in [6.07, 6.45) is 1.83. The van der Waals surface area contributed by atoms with Crippen molar-refractivity contribution >= 4 is 15.9 Å². The Morgan fingerprint density at radius 3 is 2.94 bits per heavy atom. The normalized spacial score (nSPS) is 9.88. The largest absolute Gasteiger partial charge is 0.309 e. The van der Waals surface area contributed by atoms with Crippen LogP contribution in [0.1, 0.15) is 17.0 Å². The lowest BCUT2D eigenvalue weighted by atomic mass is 10.1. The van der Waals surface area contributed by atoms with Gasteiger partial charge in [0.15, 0.2) is 0 Å². The Bertz CT molecular complexity index is 643. The molecule has 84 valence electrons. The Balaban J connectivity index is 2.29. The van der Waals surface area contributed by atoms with Crippen molar-refractivity contribution in [1.29, 1.82) is 5.26 Å². The van der Waals surface area contributed by atoms with Crippen LogP contribution in [0.4, 0.5) is 0 Å². The molecule has 1 aromatic heterocycles. The molecule has 0 radical (unpaired) electrons. The van der Waals surface area contributed by atoms with Gasteiger partial charge < -0.3 is 4.98 Å². The average Bonchev–Trinajstić information content (AvgIpc) is 2.29. The summed E-state index contributed by atoms with van der Waals surface area (Å²) in [6, 6.07) is 9.53. The van der Waals surface area contributed by atoms with E-state index in [4.69, 9.17) is 5.26 Å². The fourth-order valence-electron chi connectivity index (χ4n) is 1.44. The summed E-state index contributed by atoms with van der Waals surface area (Å²) < 4.78 is 0.978. The van der Waals surface area contributed by atoms with E-state index in [-0.39, 0.29) is 5.56 Å². The molecule has 0 bridgehead atoms. The second kappa shape index (κ2) is 4.93. The molecule has 2 aromatic rings. The van der Waals surface area contributed by atoms with E-state index in [1.54, 1.807) is 6.07 Å². The first-order chi connectivity index (χ1) is 8.19. The molecule has 0 unspecified atom stereocenters. The van der Waals surface area contributed by atoms with Crippen molar-refractivity contribution in [1.82, 2.24) is 9.97 Å². The maximum absolute atomic E-state index is 11.4. The summed E-state index contributed by atoms with van der Waals surface area (Å²) in [7, 11) is 0. The summed E-state index contributed by atoms with van der Waals surface area (Å²) in [5.74, 6) is 0.548. The molecule has 1 N–H and O–H groups in total. The number of aromatic amines is 1. The number of rotatable bonds is 2. The molecule has 5 heteroatoms. The van der Waals surface area contributed by atoms with Gasteiger partial charge in [-0.3, -0.25) is 4.79 Å². The minimum absolute atomic E-state index is 0.0305. The number of aromatic nitrogens is 2. The van der Waals surface area contributed by atoms with Crippen LogP contribution in [0.3, 0.4) is 0 Å². The second-order valence-electron chi connectivity index (χ2n) is 3.49. The number of nitriles is 1. The predicted molar refractivity (Wildman–Crippen MR) is 66.5 cm³/mol. The van der Waals surface area contributed by atoms with Crippen LogP contribution in [0.15, 0.2) is 39.7 Å². The lowest BCUT2D eigenvalue weighted by Gasteiger charge is -2.01. The van der Waals surface area contributed by atoms with Crippen molar-refractivity contribution in [3.63, 3.8) is 0 Å². The zero-order chi connectivity index (χ0) is 12.3. The zero-order valence-corrected chi connectivity index (χ0v) is 10.4. The Labute approximate surface area is 106 Å². The standard InChI is InChI=1S/C12H8BrN3O/c13-10-3-1-2-8(4-10)5-11-15-7-9(6-14)12(17)16-11/h1-4,7H,5H2,(H,15,16,17). The summed E-state index contributed by atoms with van der Waals surface area (Å²) in [4.78, 5) is 18.0. The topological polar surface area (TPSA) is 69.5 Å². The first-order valence-corrected chi connectivity index (χ1v) is 5.71. The van der Waals surface area contributed by atoms with Gasteiger partial charge in [0.25, 0.3) is 5.56 Å². The van der Waals surface area contributed by atoms with E-state index in [9.17, 15) is 4.79 Å². The van der Waals surface area contributed by atoms with Crippen LogP contribution in [0.5, 0.6) is 0 Å². The molecule has 0 aliphatic heterocycles. The van der Waals surface area contributed by atoms with Crippen molar-refractivity contribution in [3.05, 3.63) is 62.2 Å². The first-order valence-electron chi connectivity index (χ1n) is 4.92. The fraction of sp³-hybridized carbons (Fsp3) is 0.0833. The minimum Gasteiger partial charge on any atom is -0.309 e. The number of hydrogen-bond acceptors (Lipinski definition) is 3. The van der Waals surface area contributed by atoms with Crippen LogP contribution in [0.2, 0.25) is 0 Å². The Morgan fingerprint density at radius 1 is 1.47 bits per heavy atom. The van der Waals surface area contributed by atoms with Crippen LogP contribution in [0.25, 0.3) is 0 Å². The highest BCUT2D eigenvalue weighted by atomic mass is 79.9. The van der Waals surface area contributed by atoms with Crippen LogP contribution in [-0.2, 0) is 6.42 Å². The molecule has 0 aliphatic carbocycles. The Hall–Kier alpha value is -1.93. The summed E-state index contributed by atoms with van der Waals surface area (Å²) >= 11 is 3.38. The van der Waals surface area contributed by atoms with E-state index in [1.165, 1.54) is 6.20 Å². The molecule has 0 atom stereocenters. The van der Waals surface area contributed by atoms with Crippen molar-refractivity contribution in [2.75, 3.05) is 0 Å². The quantitative estimate of drug-likeness (QED) is 0.919. The highest BCUT2D eigenvalue weighted by molar-refractivity contribution is 9.10. The molecule has 0 fully saturated rings. The van der Waals surface area contributed by atoms with E-state index in [1.807, 2.05) is 24.3 Å². The molecule has 17 heavy (non-hydrogen) atoms. The average molecular weight is 290 g/mol. The van der Waals surface area contributed by atoms with Crippen molar-refractivity contribution in [3.8, 4) is 6.07 Å². The maximum Gasteiger partial charge on any atom is 0.268 e. The Morgan fingerprint density at radius 2 is 2.29 bits per heavy atom. The van der Waals surface area contributed by atoms with Gasteiger partial charge in [0, 0.05) is 10.9 Å². The van der Waals surface area contributed by atoms with Crippen LogP contribution in [0, 0.1) is 11.3 Å². The lowest BCUT2D eigenvalue weighted by molar-refractivity contribution is 0.939. The highest BCUT2D eigenvalue weighted by Crippen LogP contribution is 2.13. The molecule has 0 aliphatic rings. The number of hydrogen-bond donors (Lipinski definition) is 1. The van der Waals surface area contributed by atoms with E-state index in [2.05, 4.69) is 25.9 Å². The lowest BCUT2D eigenvalue weighted by Crippen LogP contribution is -2.14. The smallest absolute Gasteiger partial charge is 0.268 e. The van der Waals surface area contributed by atoms with Crippen molar-refractivity contribution in [2.24, 2.45) is 0 Å². The Kier molecular flexibility index (Phi) is 3.35. The molecular formula is C12H8BrN3O.